The minimum absolute atomic E-state index is 0.206. The summed E-state index contributed by atoms with van der Waals surface area (Å²) in [6.07, 6.45) is 2.71. The van der Waals surface area contributed by atoms with Gasteiger partial charge < -0.3 is 14.9 Å². The van der Waals surface area contributed by atoms with Crippen LogP contribution >= 0.6 is 0 Å². The van der Waals surface area contributed by atoms with Gasteiger partial charge in [-0.05, 0) is 18.9 Å². The molecule has 1 rings (SSSR count). The van der Waals surface area contributed by atoms with Gasteiger partial charge in [0.15, 0.2) is 5.60 Å². The van der Waals surface area contributed by atoms with E-state index in [1.54, 1.807) is 0 Å². The van der Waals surface area contributed by atoms with Gasteiger partial charge in [-0.1, -0.05) is 6.08 Å². The van der Waals surface area contributed by atoms with Crippen LogP contribution in [0.5, 0.6) is 0 Å². The zero-order valence-electron chi connectivity index (χ0n) is 6.86. The summed E-state index contributed by atoms with van der Waals surface area (Å²) in [4.78, 5) is 11.0. The molecule has 2 unspecified atom stereocenters. The molecule has 0 aromatic carbocycles. The van der Waals surface area contributed by atoms with E-state index in [-0.39, 0.29) is 6.42 Å². The van der Waals surface area contributed by atoms with E-state index in [2.05, 4.69) is 4.74 Å². The molecule has 0 heterocycles. The number of hydrogen-bond acceptors (Lipinski definition) is 4. The highest BCUT2D eigenvalue weighted by atomic mass is 16.5. The summed E-state index contributed by atoms with van der Waals surface area (Å²) >= 11 is 0. The second kappa shape index (κ2) is 3.25. The zero-order chi connectivity index (χ0) is 9.19. The lowest BCUT2D eigenvalue weighted by atomic mass is 9.90. The fourth-order valence-electron chi connectivity index (χ4n) is 1.16. The number of aliphatic hydroxyl groups is 2. The number of ether oxygens (including phenoxy) is 1. The first kappa shape index (κ1) is 9.22. The van der Waals surface area contributed by atoms with Crippen molar-refractivity contribution in [3.8, 4) is 0 Å². The fourth-order valence-corrected chi connectivity index (χ4v) is 1.16. The molecular weight excluding hydrogens is 160 g/mol. The van der Waals surface area contributed by atoms with Crippen molar-refractivity contribution in [1.82, 2.24) is 0 Å². The highest BCUT2D eigenvalue weighted by molar-refractivity contribution is 5.81. The number of hydrogen-bond donors (Lipinski definition) is 2. The number of esters is 1. The number of aliphatic hydroxyl groups excluding tert-OH is 1. The van der Waals surface area contributed by atoms with E-state index in [0.29, 0.717) is 6.42 Å². The predicted octanol–water partition coefficient (Wildman–Crippen LogP) is -0.399. The molecule has 1 aliphatic carbocycles. The van der Waals surface area contributed by atoms with Crippen LogP contribution < -0.4 is 0 Å². The second-order valence-electron chi connectivity index (χ2n) is 2.88. The Balaban J connectivity index is 2.73. The molecule has 0 amide bonds. The third-order valence-electron chi connectivity index (χ3n) is 1.95. The molecule has 0 fully saturated rings. The highest BCUT2D eigenvalue weighted by Gasteiger charge is 2.36. The van der Waals surface area contributed by atoms with Crippen LogP contribution in [0.25, 0.3) is 0 Å². The van der Waals surface area contributed by atoms with Gasteiger partial charge in [0.2, 0.25) is 0 Å². The van der Waals surface area contributed by atoms with Crippen molar-refractivity contribution in [3.05, 3.63) is 12.2 Å². The third kappa shape index (κ3) is 1.65. The largest absolute Gasteiger partial charge is 0.467 e. The summed E-state index contributed by atoms with van der Waals surface area (Å²) in [5.74, 6) is -0.675. The number of methoxy groups -OCH3 is 1. The monoisotopic (exact) mass is 172 g/mol. The Kier molecular flexibility index (Phi) is 2.49. The maximum atomic E-state index is 11.0. The molecule has 0 aliphatic heterocycles. The lowest BCUT2D eigenvalue weighted by Gasteiger charge is -2.26. The minimum atomic E-state index is -1.53. The van der Waals surface area contributed by atoms with Crippen molar-refractivity contribution in [1.29, 1.82) is 0 Å². The van der Waals surface area contributed by atoms with Crippen LogP contribution in [-0.4, -0.2) is 35.0 Å². The van der Waals surface area contributed by atoms with Crippen LogP contribution in [0.4, 0.5) is 0 Å². The first-order valence-corrected chi connectivity index (χ1v) is 3.77. The molecule has 2 atom stereocenters. The minimum Gasteiger partial charge on any atom is -0.467 e. The van der Waals surface area contributed by atoms with Gasteiger partial charge >= 0.3 is 5.97 Å². The molecule has 0 aromatic rings. The summed E-state index contributed by atoms with van der Waals surface area (Å²) in [5.41, 5.74) is -1.53. The number of carbonyl (C=O) groups is 1. The molecular formula is C8H12O4. The van der Waals surface area contributed by atoms with Gasteiger partial charge in [0, 0.05) is 0 Å². The molecule has 4 heteroatoms. The quantitative estimate of drug-likeness (QED) is 0.417. The van der Waals surface area contributed by atoms with Crippen molar-refractivity contribution in [2.24, 2.45) is 0 Å². The van der Waals surface area contributed by atoms with E-state index in [0.717, 1.165) is 0 Å². The molecule has 0 bridgehead atoms. The molecule has 0 aromatic heterocycles. The van der Waals surface area contributed by atoms with E-state index < -0.39 is 17.7 Å². The average molecular weight is 172 g/mol. The summed E-state index contributed by atoms with van der Waals surface area (Å²) in [7, 11) is 1.22. The third-order valence-corrected chi connectivity index (χ3v) is 1.95. The first-order chi connectivity index (χ1) is 5.58. The van der Waals surface area contributed by atoms with Crippen molar-refractivity contribution in [2.75, 3.05) is 7.11 Å². The fraction of sp³-hybridized carbons (Fsp3) is 0.625. The summed E-state index contributed by atoms with van der Waals surface area (Å²) in [6, 6.07) is 0. The average Bonchev–Trinajstić information content (AvgIpc) is 2.09. The van der Waals surface area contributed by atoms with Crippen LogP contribution in [0.2, 0.25) is 0 Å². The Morgan fingerprint density at radius 3 is 2.83 bits per heavy atom. The molecule has 0 spiro atoms. The Hall–Kier alpha value is -0.870. The van der Waals surface area contributed by atoms with Crippen LogP contribution in [0, 0.1) is 0 Å². The molecule has 4 nitrogen and oxygen atoms in total. The van der Waals surface area contributed by atoms with Crippen LogP contribution in [0.1, 0.15) is 12.8 Å². The molecule has 0 saturated carbocycles. The van der Waals surface area contributed by atoms with E-state index >= 15 is 0 Å². The van der Waals surface area contributed by atoms with Crippen LogP contribution in [0.15, 0.2) is 12.2 Å². The summed E-state index contributed by atoms with van der Waals surface area (Å²) in [6.45, 7) is 0. The Morgan fingerprint density at radius 1 is 1.75 bits per heavy atom. The van der Waals surface area contributed by atoms with Gasteiger partial charge in [-0.15, -0.1) is 0 Å². The molecule has 2 N–H and O–H groups in total. The van der Waals surface area contributed by atoms with Gasteiger partial charge in [-0.25, -0.2) is 4.79 Å². The van der Waals surface area contributed by atoms with Gasteiger partial charge in [0.1, 0.15) is 0 Å². The van der Waals surface area contributed by atoms with Crippen molar-refractivity contribution >= 4 is 5.97 Å². The van der Waals surface area contributed by atoms with Gasteiger partial charge in [-0.2, -0.15) is 0 Å². The van der Waals surface area contributed by atoms with E-state index in [9.17, 15) is 9.90 Å². The second-order valence-corrected chi connectivity index (χ2v) is 2.88. The van der Waals surface area contributed by atoms with Gasteiger partial charge in [-0.3, -0.25) is 0 Å². The zero-order valence-corrected chi connectivity index (χ0v) is 6.86. The topological polar surface area (TPSA) is 66.8 Å². The molecule has 0 saturated heterocycles. The molecule has 12 heavy (non-hydrogen) atoms. The lowest BCUT2D eigenvalue weighted by Crippen LogP contribution is -2.40. The van der Waals surface area contributed by atoms with Crippen molar-refractivity contribution < 1.29 is 19.7 Å². The van der Waals surface area contributed by atoms with Crippen molar-refractivity contribution in [2.45, 2.75) is 24.5 Å². The Morgan fingerprint density at radius 2 is 2.42 bits per heavy atom. The van der Waals surface area contributed by atoms with E-state index in [1.807, 2.05) is 0 Å². The molecule has 0 radical (unpaired) electrons. The maximum absolute atomic E-state index is 11.0. The summed E-state index contributed by atoms with van der Waals surface area (Å²) < 4.78 is 4.41. The van der Waals surface area contributed by atoms with Crippen molar-refractivity contribution in [3.63, 3.8) is 0 Å². The summed E-state index contributed by atoms with van der Waals surface area (Å²) in [5, 5.41) is 18.6. The van der Waals surface area contributed by atoms with E-state index in [4.69, 9.17) is 5.11 Å². The molecule has 68 valence electrons. The smallest absolute Gasteiger partial charge is 0.341 e. The lowest BCUT2D eigenvalue weighted by molar-refractivity contribution is -0.158. The first-order valence-electron chi connectivity index (χ1n) is 3.77. The number of carbonyl (C=O) groups excluding carboxylic acids is 1. The van der Waals surface area contributed by atoms with Gasteiger partial charge in [0.05, 0.1) is 13.2 Å². The maximum Gasteiger partial charge on any atom is 0.341 e. The van der Waals surface area contributed by atoms with Gasteiger partial charge in [0.25, 0.3) is 0 Å². The van der Waals surface area contributed by atoms with E-state index in [1.165, 1.54) is 19.3 Å². The normalized spacial score (nSPS) is 34.8. The molecule has 1 aliphatic rings. The Bertz CT molecular complexity index is 211. The van der Waals surface area contributed by atoms with Crippen LogP contribution in [-0.2, 0) is 9.53 Å². The Labute approximate surface area is 70.5 Å². The standard InChI is InChI=1S/C8H12O4/c1-12-7(10)8(11)4-2-6(9)3-5-8/h2,4,6,9,11H,3,5H2,1H3. The number of rotatable bonds is 1. The SMILES string of the molecule is COC(=O)C1(O)C=CC(O)CC1. The predicted molar refractivity (Wildman–Crippen MR) is 41.3 cm³/mol. The highest BCUT2D eigenvalue weighted by Crippen LogP contribution is 2.23. The van der Waals surface area contributed by atoms with Crippen LogP contribution in [0.3, 0.4) is 0 Å².